The molecule has 2 aromatic rings. The smallest absolute Gasteiger partial charge is 0.244 e. The van der Waals surface area contributed by atoms with Crippen LogP contribution in [0.15, 0.2) is 42.5 Å². The van der Waals surface area contributed by atoms with Crippen LogP contribution in [0.2, 0.25) is 0 Å². The molecule has 0 bridgehead atoms. The van der Waals surface area contributed by atoms with Gasteiger partial charge in [0.2, 0.25) is 11.8 Å². The third-order valence-electron chi connectivity index (χ3n) is 5.90. The zero-order chi connectivity index (χ0) is 20.2. The van der Waals surface area contributed by atoms with Gasteiger partial charge in [-0.25, -0.2) is 4.90 Å². The van der Waals surface area contributed by atoms with Gasteiger partial charge in [-0.2, -0.15) is 0 Å². The number of fused-ring (bicyclic) bond motifs is 1. The van der Waals surface area contributed by atoms with Crippen molar-refractivity contribution >= 4 is 23.5 Å². The number of imide groups is 1. The molecule has 7 nitrogen and oxygen atoms in total. The number of aryl methyl sites for hydroxylation is 2. The quantitative estimate of drug-likeness (QED) is 0.700. The molecule has 0 radical (unpaired) electrons. The molecule has 4 atom stereocenters. The fourth-order valence-electron chi connectivity index (χ4n) is 4.34. The Hall–Kier alpha value is -3.19. The minimum atomic E-state index is -1.39. The van der Waals surface area contributed by atoms with Gasteiger partial charge in [0.25, 0.3) is 0 Å². The summed E-state index contributed by atoms with van der Waals surface area (Å²) in [5, 5.41) is 23.4. The number of para-hydroxylation sites is 1. The second-order valence-electron chi connectivity index (χ2n) is 7.45. The molecule has 0 spiro atoms. The molecule has 2 fully saturated rings. The lowest BCUT2D eigenvalue weighted by atomic mass is 9.86. The molecule has 0 saturated carbocycles. The fourth-order valence-corrected chi connectivity index (χ4v) is 4.34. The third-order valence-corrected chi connectivity index (χ3v) is 5.90. The zero-order valence-electron chi connectivity index (χ0n) is 15.5. The van der Waals surface area contributed by atoms with Crippen molar-refractivity contribution in [2.45, 2.75) is 25.9 Å². The number of hydrogen-bond acceptors (Lipinski definition) is 5. The summed E-state index contributed by atoms with van der Waals surface area (Å²) < 4.78 is 0. The number of phenolic OH excluding ortho intramolecular Hbond substituents is 1. The fraction of sp³-hybridized carbons (Fsp3) is 0.286. The average Bonchev–Trinajstić information content (AvgIpc) is 3.16. The van der Waals surface area contributed by atoms with Crippen molar-refractivity contribution < 1.29 is 29.9 Å². The van der Waals surface area contributed by atoms with Crippen LogP contribution in [-0.2, 0) is 14.4 Å². The van der Waals surface area contributed by atoms with Gasteiger partial charge in [-0.3, -0.25) is 9.59 Å². The maximum Gasteiger partial charge on any atom is 0.244 e. The first kappa shape index (κ1) is 18.2. The molecule has 2 aliphatic rings. The first-order chi connectivity index (χ1) is 13.3. The Morgan fingerprint density at radius 1 is 1.04 bits per heavy atom. The van der Waals surface area contributed by atoms with Gasteiger partial charge in [-0.05, 0) is 49.2 Å². The molecule has 0 aromatic heterocycles. The Bertz CT molecular complexity index is 1000. The summed E-state index contributed by atoms with van der Waals surface area (Å²) in [7, 11) is 0. The second-order valence-corrected chi connectivity index (χ2v) is 7.45. The average molecular weight is 380 g/mol. The largest absolute Gasteiger partial charge is 0.544 e. The normalized spacial score (nSPS) is 26.6. The van der Waals surface area contributed by atoms with E-state index in [1.54, 1.807) is 30.3 Å². The standard InChI is InChI=1S/C21H20N2O5/c1-10-7-8-12(9-11(10)2)23-19(25)15-16(20(23)26)18(21(27)28)22-17(15)13-5-3-4-6-14(13)24/h3-9,15-18,22,24H,1-2H3,(H,27,28)/t15-,16-,17-,18+/m1/s1. The van der Waals surface area contributed by atoms with E-state index in [0.29, 0.717) is 11.3 Å². The molecule has 4 rings (SSSR count). The molecule has 0 aliphatic carbocycles. The number of carboxylic acid groups (broad SMARTS) is 1. The van der Waals surface area contributed by atoms with E-state index in [2.05, 4.69) is 0 Å². The molecular weight excluding hydrogens is 360 g/mol. The van der Waals surface area contributed by atoms with Gasteiger partial charge in [0.1, 0.15) is 35.6 Å². The Balaban J connectivity index is 1.80. The summed E-state index contributed by atoms with van der Waals surface area (Å²) in [5.41, 5.74) is 2.82. The molecule has 28 heavy (non-hydrogen) atoms. The number of aromatic hydroxyl groups is 1. The van der Waals surface area contributed by atoms with E-state index in [4.69, 9.17) is 0 Å². The first-order valence-corrected chi connectivity index (χ1v) is 9.10. The van der Waals surface area contributed by atoms with Crippen LogP contribution in [0.1, 0.15) is 22.7 Å². The van der Waals surface area contributed by atoms with E-state index in [1.165, 1.54) is 11.4 Å². The van der Waals surface area contributed by atoms with Crippen molar-refractivity contribution in [3.05, 3.63) is 59.2 Å². The number of phenols is 1. The van der Waals surface area contributed by atoms with Gasteiger partial charge in [0, 0.05) is 0 Å². The summed E-state index contributed by atoms with van der Waals surface area (Å²) in [4.78, 5) is 39.1. The minimum absolute atomic E-state index is 0.0358. The number of nitrogens with zero attached hydrogens (tertiary/aromatic N) is 1. The van der Waals surface area contributed by atoms with Crippen LogP contribution >= 0.6 is 0 Å². The molecule has 0 unspecified atom stereocenters. The highest BCUT2D eigenvalue weighted by atomic mass is 16.4. The number of quaternary nitrogens is 1. The highest BCUT2D eigenvalue weighted by Crippen LogP contribution is 2.43. The summed E-state index contributed by atoms with van der Waals surface area (Å²) >= 11 is 0. The van der Waals surface area contributed by atoms with Gasteiger partial charge in [0.05, 0.1) is 11.3 Å². The maximum absolute atomic E-state index is 13.2. The van der Waals surface area contributed by atoms with Crippen LogP contribution in [0.5, 0.6) is 5.75 Å². The highest BCUT2D eigenvalue weighted by molar-refractivity contribution is 6.23. The highest BCUT2D eigenvalue weighted by Gasteiger charge is 2.63. The van der Waals surface area contributed by atoms with Crippen LogP contribution in [0.3, 0.4) is 0 Å². The van der Waals surface area contributed by atoms with Gasteiger partial charge >= 0.3 is 0 Å². The summed E-state index contributed by atoms with van der Waals surface area (Å²) in [6.07, 6.45) is 0. The number of rotatable bonds is 3. The Kier molecular flexibility index (Phi) is 4.19. The Morgan fingerprint density at radius 2 is 1.71 bits per heavy atom. The molecule has 2 aliphatic heterocycles. The maximum atomic E-state index is 13.2. The number of carbonyl (C=O) groups is 3. The van der Waals surface area contributed by atoms with E-state index < -0.39 is 41.7 Å². The van der Waals surface area contributed by atoms with Gasteiger partial charge in [0.15, 0.2) is 0 Å². The number of hydrogen-bond donors (Lipinski definition) is 2. The SMILES string of the molecule is Cc1ccc(N2C(=O)[C@@H]3[C@@H](C2=O)[C@@H](c2ccccc2O)[NH2+][C@@H]3C(=O)[O-])cc1C. The van der Waals surface area contributed by atoms with E-state index in [-0.39, 0.29) is 5.75 Å². The molecule has 2 heterocycles. The lowest BCUT2D eigenvalue weighted by Crippen LogP contribution is -2.92. The number of benzene rings is 2. The van der Waals surface area contributed by atoms with Crippen molar-refractivity contribution in [1.82, 2.24) is 0 Å². The molecule has 7 heteroatoms. The number of carbonyl (C=O) groups excluding carboxylic acids is 3. The van der Waals surface area contributed by atoms with Crippen molar-refractivity contribution in [2.75, 3.05) is 4.90 Å². The predicted octanol–water partition coefficient (Wildman–Crippen LogP) is -0.449. The number of nitrogens with two attached hydrogens (primary N) is 1. The molecule has 144 valence electrons. The molecule has 2 saturated heterocycles. The van der Waals surface area contributed by atoms with Gasteiger partial charge in [-0.15, -0.1) is 0 Å². The van der Waals surface area contributed by atoms with Crippen molar-refractivity contribution in [3.63, 3.8) is 0 Å². The van der Waals surface area contributed by atoms with Crippen LogP contribution in [0.4, 0.5) is 5.69 Å². The van der Waals surface area contributed by atoms with Crippen LogP contribution in [0, 0.1) is 25.7 Å². The number of amides is 2. The van der Waals surface area contributed by atoms with Gasteiger partial charge < -0.3 is 20.3 Å². The lowest BCUT2D eigenvalue weighted by Gasteiger charge is -2.22. The van der Waals surface area contributed by atoms with Crippen LogP contribution in [-0.4, -0.2) is 28.9 Å². The summed E-state index contributed by atoms with van der Waals surface area (Å²) in [5.74, 6) is -4.34. The monoisotopic (exact) mass is 380 g/mol. The zero-order valence-corrected chi connectivity index (χ0v) is 15.5. The molecular formula is C21H20N2O5. The third kappa shape index (κ3) is 2.58. The van der Waals surface area contributed by atoms with E-state index in [1.807, 2.05) is 19.9 Å². The van der Waals surface area contributed by atoms with Gasteiger partial charge in [-0.1, -0.05) is 18.2 Å². The van der Waals surface area contributed by atoms with Crippen molar-refractivity contribution in [3.8, 4) is 5.75 Å². The second kappa shape index (κ2) is 6.45. The summed E-state index contributed by atoms with van der Waals surface area (Å²) in [6, 6.07) is 9.85. The summed E-state index contributed by atoms with van der Waals surface area (Å²) in [6.45, 7) is 3.81. The Labute approximate surface area is 161 Å². The van der Waals surface area contributed by atoms with E-state index in [0.717, 1.165) is 16.0 Å². The van der Waals surface area contributed by atoms with Crippen LogP contribution < -0.4 is 15.3 Å². The van der Waals surface area contributed by atoms with Crippen LogP contribution in [0.25, 0.3) is 0 Å². The van der Waals surface area contributed by atoms with Crippen molar-refractivity contribution in [2.24, 2.45) is 11.8 Å². The lowest BCUT2D eigenvalue weighted by molar-refractivity contribution is -0.705. The number of anilines is 1. The van der Waals surface area contributed by atoms with Crippen molar-refractivity contribution in [1.29, 1.82) is 0 Å². The van der Waals surface area contributed by atoms with E-state index in [9.17, 15) is 24.6 Å². The topological polar surface area (TPSA) is 114 Å². The molecule has 2 amide bonds. The number of carboxylic acids is 1. The number of aliphatic carboxylic acids is 1. The first-order valence-electron chi connectivity index (χ1n) is 9.10. The van der Waals surface area contributed by atoms with E-state index >= 15 is 0 Å². The predicted molar refractivity (Wildman–Crippen MR) is 97.0 cm³/mol. The minimum Gasteiger partial charge on any atom is -0.544 e. The Morgan fingerprint density at radius 3 is 2.36 bits per heavy atom. The molecule has 3 N–H and O–H groups in total. The molecule has 2 aromatic carbocycles.